The van der Waals surface area contributed by atoms with Crippen LogP contribution in [0.2, 0.25) is 0 Å². The molecule has 1 unspecified atom stereocenters. The largest absolute Gasteiger partial charge is 0.383 e. The van der Waals surface area contributed by atoms with Gasteiger partial charge >= 0.3 is 0 Å². The summed E-state index contributed by atoms with van der Waals surface area (Å²) < 4.78 is 7.55. The Morgan fingerprint density at radius 2 is 2.03 bits per heavy atom. The minimum absolute atomic E-state index is 0.142. The van der Waals surface area contributed by atoms with Crippen LogP contribution in [-0.2, 0) is 16.1 Å². The summed E-state index contributed by atoms with van der Waals surface area (Å²) in [7, 11) is 1.59. The van der Waals surface area contributed by atoms with Crippen LogP contribution >= 0.6 is 27.7 Å². The van der Waals surface area contributed by atoms with E-state index in [1.54, 1.807) is 23.8 Å². The van der Waals surface area contributed by atoms with Crippen LogP contribution in [0.25, 0.3) is 10.9 Å². The molecule has 0 radical (unpaired) electrons. The summed E-state index contributed by atoms with van der Waals surface area (Å²) >= 11 is 4.67. The van der Waals surface area contributed by atoms with Crippen molar-refractivity contribution in [3.8, 4) is 0 Å². The Morgan fingerprint density at radius 3 is 2.77 bits per heavy atom. The maximum Gasteiger partial charge on any atom is 0.262 e. The normalized spacial score (nSPS) is 12.2. The second kappa shape index (κ2) is 9.76. The lowest BCUT2D eigenvalue weighted by atomic mass is 10.1. The smallest absolute Gasteiger partial charge is 0.262 e. The number of halogens is 1. The molecule has 0 fully saturated rings. The molecule has 8 heteroatoms. The van der Waals surface area contributed by atoms with Crippen LogP contribution in [0.3, 0.4) is 0 Å². The number of hydrogen-bond donors (Lipinski definition) is 1. The highest BCUT2D eigenvalue weighted by Gasteiger charge is 2.20. The van der Waals surface area contributed by atoms with Crippen molar-refractivity contribution in [2.24, 2.45) is 0 Å². The van der Waals surface area contributed by atoms with Gasteiger partial charge in [-0.05, 0) is 56.2 Å². The minimum atomic E-state index is -0.446. The summed E-state index contributed by atoms with van der Waals surface area (Å²) in [5.41, 5.74) is 3.31. The second-order valence-electron chi connectivity index (χ2n) is 7.07. The molecule has 158 valence electrons. The lowest BCUT2D eigenvalue weighted by molar-refractivity contribution is -0.115. The van der Waals surface area contributed by atoms with Crippen LogP contribution in [0.1, 0.15) is 18.1 Å². The standard InChI is InChI=1S/C22H24BrN3O3S/c1-13-5-6-14(2)19(11-13)24-20(27)15(3)30-22-25-18-8-7-16(23)12-17(18)21(28)26(22)9-10-29-4/h5-8,11-12,15H,9-10H2,1-4H3,(H,24,27). The molecule has 3 aromatic rings. The van der Waals surface area contributed by atoms with E-state index in [-0.39, 0.29) is 11.5 Å². The number of aryl methyl sites for hydroxylation is 2. The van der Waals surface area contributed by atoms with Crippen LogP contribution in [0.15, 0.2) is 50.8 Å². The summed E-state index contributed by atoms with van der Waals surface area (Å²) in [4.78, 5) is 30.5. The Morgan fingerprint density at radius 1 is 1.27 bits per heavy atom. The number of rotatable bonds is 7. The summed E-state index contributed by atoms with van der Waals surface area (Å²) in [5.74, 6) is -0.142. The molecule has 3 rings (SSSR count). The zero-order valence-electron chi connectivity index (χ0n) is 17.4. The van der Waals surface area contributed by atoms with Crippen molar-refractivity contribution in [3.63, 3.8) is 0 Å². The van der Waals surface area contributed by atoms with Gasteiger partial charge in [0.15, 0.2) is 5.16 Å². The van der Waals surface area contributed by atoms with Gasteiger partial charge in [0.05, 0.1) is 29.3 Å². The fraction of sp³-hybridized carbons (Fsp3) is 0.318. The number of methoxy groups -OCH3 is 1. The first-order valence-corrected chi connectivity index (χ1v) is 11.2. The number of thioether (sulfide) groups is 1. The zero-order valence-corrected chi connectivity index (χ0v) is 19.8. The molecule has 1 amide bonds. The Labute approximate surface area is 188 Å². The van der Waals surface area contributed by atoms with E-state index in [0.717, 1.165) is 21.3 Å². The van der Waals surface area contributed by atoms with E-state index >= 15 is 0 Å². The van der Waals surface area contributed by atoms with Crippen LogP contribution in [0.5, 0.6) is 0 Å². The molecular formula is C22H24BrN3O3S. The number of aromatic nitrogens is 2. The molecule has 0 aliphatic rings. The molecule has 0 saturated carbocycles. The molecule has 1 heterocycles. The number of hydrogen-bond acceptors (Lipinski definition) is 5. The van der Waals surface area contributed by atoms with Crippen LogP contribution in [0, 0.1) is 13.8 Å². The highest BCUT2D eigenvalue weighted by molar-refractivity contribution is 9.10. The molecule has 30 heavy (non-hydrogen) atoms. The number of carbonyl (C=O) groups excluding carboxylic acids is 1. The Kier molecular flexibility index (Phi) is 7.33. The third kappa shape index (κ3) is 5.11. The van der Waals surface area contributed by atoms with Crippen molar-refractivity contribution >= 4 is 50.2 Å². The van der Waals surface area contributed by atoms with Gasteiger partial charge < -0.3 is 10.1 Å². The monoisotopic (exact) mass is 489 g/mol. The predicted molar refractivity (Wildman–Crippen MR) is 125 cm³/mol. The maximum atomic E-state index is 13.1. The molecule has 2 aromatic carbocycles. The lowest BCUT2D eigenvalue weighted by Crippen LogP contribution is -2.28. The van der Waals surface area contributed by atoms with E-state index in [4.69, 9.17) is 4.74 Å². The first-order chi connectivity index (χ1) is 14.3. The number of nitrogens with one attached hydrogen (secondary N) is 1. The average molecular weight is 490 g/mol. The molecule has 0 aliphatic heterocycles. The Bertz CT molecular complexity index is 1150. The molecule has 6 nitrogen and oxygen atoms in total. The van der Waals surface area contributed by atoms with Crippen molar-refractivity contribution in [1.29, 1.82) is 0 Å². The summed E-state index contributed by atoms with van der Waals surface area (Å²) in [5, 5.41) is 3.56. The van der Waals surface area contributed by atoms with Gasteiger partial charge in [0.1, 0.15) is 0 Å². The van der Waals surface area contributed by atoms with Crippen molar-refractivity contribution < 1.29 is 9.53 Å². The van der Waals surface area contributed by atoms with E-state index in [0.29, 0.717) is 29.2 Å². The van der Waals surface area contributed by atoms with Crippen molar-refractivity contribution in [2.45, 2.75) is 37.7 Å². The Hall–Kier alpha value is -2.16. The molecule has 0 spiro atoms. The second-order valence-corrected chi connectivity index (χ2v) is 9.30. The highest BCUT2D eigenvalue weighted by Crippen LogP contribution is 2.25. The van der Waals surface area contributed by atoms with Gasteiger partial charge in [-0.3, -0.25) is 14.2 Å². The maximum absolute atomic E-state index is 13.1. The first-order valence-electron chi connectivity index (χ1n) is 9.54. The van der Waals surface area contributed by atoms with E-state index in [1.165, 1.54) is 11.8 Å². The van der Waals surface area contributed by atoms with Crippen molar-refractivity contribution in [3.05, 3.63) is 62.4 Å². The van der Waals surface area contributed by atoms with E-state index in [1.807, 2.05) is 45.0 Å². The summed E-state index contributed by atoms with van der Waals surface area (Å²) in [6.07, 6.45) is 0. The SMILES string of the molecule is COCCn1c(SC(C)C(=O)Nc2cc(C)ccc2C)nc2ccc(Br)cc2c1=O. The van der Waals surface area contributed by atoms with Gasteiger partial charge in [-0.1, -0.05) is 39.8 Å². The number of carbonyl (C=O) groups is 1. The van der Waals surface area contributed by atoms with Gasteiger partial charge in [0.2, 0.25) is 5.91 Å². The number of nitrogens with zero attached hydrogens (tertiary/aromatic N) is 2. The van der Waals surface area contributed by atoms with Gasteiger partial charge in [0, 0.05) is 17.3 Å². The van der Waals surface area contributed by atoms with E-state index in [2.05, 4.69) is 26.2 Å². The van der Waals surface area contributed by atoms with Gasteiger partial charge in [-0.2, -0.15) is 0 Å². The molecule has 1 N–H and O–H groups in total. The van der Waals surface area contributed by atoms with Gasteiger partial charge in [-0.25, -0.2) is 4.98 Å². The zero-order chi connectivity index (χ0) is 21.8. The average Bonchev–Trinajstić information content (AvgIpc) is 2.71. The number of fused-ring (bicyclic) bond motifs is 1. The third-order valence-corrected chi connectivity index (χ3v) is 6.29. The topological polar surface area (TPSA) is 73.2 Å². The van der Waals surface area contributed by atoms with Crippen molar-refractivity contribution in [2.75, 3.05) is 19.0 Å². The summed E-state index contributed by atoms with van der Waals surface area (Å²) in [6, 6.07) is 11.3. The molecular weight excluding hydrogens is 466 g/mol. The summed E-state index contributed by atoms with van der Waals surface area (Å²) in [6.45, 7) is 6.48. The highest BCUT2D eigenvalue weighted by atomic mass is 79.9. The van der Waals surface area contributed by atoms with Crippen molar-refractivity contribution in [1.82, 2.24) is 9.55 Å². The van der Waals surface area contributed by atoms with E-state index in [9.17, 15) is 9.59 Å². The minimum Gasteiger partial charge on any atom is -0.383 e. The third-order valence-electron chi connectivity index (χ3n) is 4.70. The number of amides is 1. The number of benzene rings is 2. The molecule has 1 atom stereocenters. The van der Waals surface area contributed by atoms with Crippen LogP contribution < -0.4 is 10.9 Å². The number of anilines is 1. The lowest BCUT2D eigenvalue weighted by Gasteiger charge is -2.17. The molecule has 0 bridgehead atoms. The Balaban J connectivity index is 1.91. The van der Waals surface area contributed by atoms with Crippen LogP contribution in [-0.4, -0.2) is 34.4 Å². The van der Waals surface area contributed by atoms with Gasteiger partial charge in [-0.15, -0.1) is 0 Å². The molecule has 0 saturated heterocycles. The quantitative estimate of drug-likeness (QED) is 0.389. The predicted octanol–water partition coefficient (Wildman–Crippen LogP) is 4.54. The number of ether oxygens (including phenoxy) is 1. The van der Waals surface area contributed by atoms with Gasteiger partial charge in [0.25, 0.3) is 5.56 Å². The van der Waals surface area contributed by atoms with Crippen LogP contribution in [0.4, 0.5) is 5.69 Å². The van der Waals surface area contributed by atoms with E-state index < -0.39 is 5.25 Å². The fourth-order valence-electron chi connectivity index (χ4n) is 2.96. The first kappa shape index (κ1) is 22.5. The fourth-order valence-corrected chi connectivity index (χ4v) is 4.25. The molecule has 1 aromatic heterocycles. The molecule has 0 aliphatic carbocycles.